The van der Waals surface area contributed by atoms with Crippen molar-refractivity contribution in [2.45, 2.75) is 31.9 Å². The van der Waals surface area contributed by atoms with Gasteiger partial charge < -0.3 is 5.32 Å². The van der Waals surface area contributed by atoms with Gasteiger partial charge in [0.15, 0.2) is 0 Å². The van der Waals surface area contributed by atoms with Crippen LogP contribution in [0.5, 0.6) is 0 Å². The Hall–Kier alpha value is -0.830. The Labute approximate surface area is 109 Å². The zero-order chi connectivity index (χ0) is 14.7. The van der Waals surface area contributed by atoms with Crippen LogP contribution in [0.25, 0.3) is 0 Å². The molecule has 0 spiro atoms. The molecule has 1 fully saturated rings. The van der Waals surface area contributed by atoms with E-state index in [0.717, 1.165) is 0 Å². The highest BCUT2D eigenvalue weighted by Gasteiger charge is 2.47. The maximum absolute atomic E-state index is 12.8. The minimum Gasteiger partial charge on any atom is -0.355 e. The van der Waals surface area contributed by atoms with Crippen molar-refractivity contribution in [1.82, 2.24) is 5.32 Å². The largest absolute Gasteiger partial charge is 0.392 e. The van der Waals surface area contributed by atoms with Crippen LogP contribution in [-0.4, -0.2) is 32.8 Å². The number of rotatable bonds is 4. The molecule has 2 atom stereocenters. The highest BCUT2D eigenvalue weighted by atomic mass is 32.2. The number of hydrogen-bond donors (Lipinski definition) is 2. The van der Waals surface area contributed by atoms with Crippen LogP contribution in [-0.2, 0) is 14.8 Å². The lowest BCUT2D eigenvalue weighted by molar-refractivity contribution is -0.198. The average molecular weight is 302 g/mol. The van der Waals surface area contributed by atoms with E-state index in [1.165, 1.54) is 0 Å². The molecule has 5 nitrogen and oxygen atoms in total. The molecule has 0 bridgehead atoms. The maximum atomic E-state index is 12.8. The fourth-order valence-corrected chi connectivity index (χ4v) is 2.67. The van der Waals surface area contributed by atoms with Crippen LogP contribution >= 0.6 is 0 Å². The summed E-state index contributed by atoms with van der Waals surface area (Å²) in [6.45, 7) is -0.265. The second-order valence-corrected chi connectivity index (χ2v) is 6.43. The quantitative estimate of drug-likeness (QED) is 0.803. The molecule has 0 aromatic rings. The van der Waals surface area contributed by atoms with Gasteiger partial charge in [0.2, 0.25) is 15.9 Å². The summed E-state index contributed by atoms with van der Waals surface area (Å²) in [6.07, 6.45) is -3.27. The molecular formula is C10H17F3N2O3S. The summed E-state index contributed by atoms with van der Waals surface area (Å²) in [5, 5.41) is 6.95. The number of amides is 1. The topological polar surface area (TPSA) is 89.3 Å². The van der Waals surface area contributed by atoms with Crippen molar-refractivity contribution in [3.05, 3.63) is 0 Å². The number of nitrogens with two attached hydrogens (primary N) is 1. The molecule has 0 aromatic carbocycles. The first-order valence-corrected chi connectivity index (χ1v) is 7.67. The summed E-state index contributed by atoms with van der Waals surface area (Å²) in [5.74, 6) is -4.00. The zero-order valence-electron chi connectivity index (χ0n) is 10.2. The third-order valence-corrected chi connectivity index (χ3v) is 3.98. The summed E-state index contributed by atoms with van der Waals surface area (Å²) in [5.41, 5.74) is 0. The molecule has 3 N–H and O–H groups in total. The molecule has 1 aliphatic carbocycles. The first-order chi connectivity index (χ1) is 8.61. The highest BCUT2D eigenvalue weighted by molar-refractivity contribution is 7.89. The average Bonchev–Trinajstić information content (AvgIpc) is 2.26. The molecule has 0 heterocycles. The SMILES string of the molecule is NS(=O)(=O)CCNC(=O)[C@@H]1CCCC[C@@H]1C(F)(F)F. The van der Waals surface area contributed by atoms with E-state index >= 15 is 0 Å². The fourth-order valence-electron chi connectivity index (χ4n) is 2.28. The standard InChI is InChI=1S/C10H17F3N2O3S/c11-10(12,13)8-4-2-1-3-7(8)9(16)15-5-6-19(14,17)18/h7-8H,1-6H2,(H,15,16)(H2,14,17,18)/t7-,8+/m1/s1. The molecule has 1 amide bonds. The number of primary sulfonamides is 1. The monoisotopic (exact) mass is 302 g/mol. The van der Waals surface area contributed by atoms with Gasteiger partial charge in [-0.3, -0.25) is 4.79 Å². The van der Waals surface area contributed by atoms with Gasteiger partial charge in [-0.2, -0.15) is 13.2 Å². The van der Waals surface area contributed by atoms with Crippen molar-refractivity contribution in [2.24, 2.45) is 17.0 Å². The molecule has 0 radical (unpaired) electrons. The predicted octanol–water partition coefficient (Wildman–Crippen LogP) is 0.760. The Kier molecular flexibility index (Phi) is 5.19. The lowest BCUT2D eigenvalue weighted by atomic mass is 9.78. The van der Waals surface area contributed by atoms with Crippen molar-refractivity contribution in [3.8, 4) is 0 Å². The Bertz CT molecular complexity index is 422. The third kappa shape index (κ3) is 5.35. The minimum absolute atomic E-state index is 0.0588. The smallest absolute Gasteiger partial charge is 0.355 e. The van der Waals surface area contributed by atoms with Crippen LogP contribution < -0.4 is 10.5 Å². The first-order valence-electron chi connectivity index (χ1n) is 5.96. The van der Waals surface area contributed by atoms with Crippen molar-refractivity contribution < 1.29 is 26.4 Å². The van der Waals surface area contributed by atoms with Crippen molar-refractivity contribution in [1.29, 1.82) is 0 Å². The zero-order valence-corrected chi connectivity index (χ0v) is 11.1. The third-order valence-electron chi connectivity index (χ3n) is 3.21. The van der Waals surface area contributed by atoms with Gasteiger partial charge in [-0.1, -0.05) is 12.8 Å². The Morgan fingerprint density at radius 2 is 1.84 bits per heavy atom. The van der Waals surface area contributed by atoms with Crippen molar-refractivity contribution >= 4 is 15.9 Å². The van der Waals surface area contributed by atoms with E-state index in [9.17, 15) is 26.4 Å². The summed E-state index contributed by atoms with van der Waals surface area (Å²) in [7, 11) is -3.73. The molecular weight excluding hydrogens is 285 g/mol. The van der Waals surface area contributed by atoms with E-state index in [0.29, 0.717) is 12.8 Å². The van der Waals surface area contributed by atoms with Gasteiger partial charge in [0.25, 0.3) is 0 Å². The molecule has 0 saturated heterocycles. The summed E-state index contributed by atoms with van der Waals surface area (Å²) >= 11 is 0. The highest BCUT2D eigenvalue weighted by Crippen LogP contribution is 2.41. The van der Waals surface area contributed by atoms with Gasteiger partial charge in [-0.05, 0) is 12.8 Å². The minimum atomic E-state index is -4.40. The van der Waals surface area contributed by atoms with Crippen molar-refractivity contribution in [2.75, 3.05) is 12.3 Å². The molecule has 1 saturated carbocycles. The molecule has 0 aliphatic heterocycles. The number of carbonyl (C=O) groups excluding carboxylic acids is 1. The van der Waals surface area contributed by atoms with Crippen LogP contribution in [0.1, 0.15) is 25.7 Å². The van der Waals surface area contributed by atoms with Crippen molar-refractivity contribution in [3.63, 3.8) is 0 Å². The van der Waals surface area contributed by atoms with E-state index in [-0.39, 0.29) is 19.4 Å². The predicted molar refractivity (Wildman–Crippen MR) is 62.5 cm³/mol. The van der Waals surface area contributed by atoms with E-state index in [4.69, 9.17) is 5.14 Å². The Morgan fingerprint density at radius 1 is 1.26 bits per heavy atom. The molecule has 19 heavy (non-hydrogen) atoms. The van der Waals surface area contributed by atoms with Gasteiger partial charge in [-0.15, -0.1) is 0 Å². The van der Waals surface area contributed by atoms with E-state index in [1.54, 1.807) is 0 Å². The van der Waals surface area contributed by atoms with Gasteiger partial charge in [0.1, 0.15) is 0 Å². The summed E-state index contributed by atoms with van der Waals surface area (Å²) in [6, 6.07) is 0. The summed E-state index contributed by atoms with van der Waals surface area (Å²) in [4.78, 5) is 11.7. The van der Waals surface area contributed by atoms with Gasteiger partial charge in [0.05, 0.1) is 11.7 Å². The van der Waals surface area contributed by atoms with E-state index in [2.05, 4.69) is 5.32 Å². The lowest BCUT2D eigenvalue weighted by Crippen LogP contribution is -2.43. The lowest BCUT2D eigenvalue weighted by Gasteiger charge is -2.31. The molecule has 0 unspecified atom stereocenters. The second kappa shape index (κ2) is 6.08. The first kappa shape index (κ1) is 16.2. The molecule has 9 heteroatoms. The maximum Gasteiger partial charge on any atom is 0.392 e. The molecule has 0 aromatic heterocycles. The van der Waals surface area contributed by atoms with E-state index in [1.807, 2.05) is 0 Å². The normalized spacial score (nSPS) is 25.1. The number of sulfonamides is 1. The Morgan fingerprint density at radius 3 is 2.37 bits per heavy atom. The van der Waals surface area contributed by atoms with Crippen LogP contribution in [0, 0.1) is 11.8 Å². The number of nitrogens with one attached hydrogen (secondary N) is 1. The molecule has 1 aliphatic rings. The van der Waals surface area contributed by atoms with Gasteiger partial charge >= 0.3 is 6.18 Å². The molecule has 112 valence electrons. The Balaban J connectivity index is 2.58. The van der Waals surface area contributed by atoms with Gasteiger partial charge in [0, 0.05) is 12.5 Å². The van der Waals surface area contributed by atoms with Crippen LogP contribution in [0.15, 0.2) is 0 Å². The van der Waals surface area contributed by atoms with E-state index < -0.39 is 39.7 Å². The van der Waals surface area contributed by atoms with Gasteiger partial charge in [-0.25, -0.2) is 13.6 Å². The second-order valence-electron chi connectivity index (χ2n) is 4.70. The number of carbonyl (C=O) groups is 1. The van der Waals surface area contributed by atoms with Crippen LogP contribution in [0.4, 0.5) is 13.2 Å². The number of hydrogen-bond acceptors (Lipinski definition) is 3. The van der Waals surface area contributed by atoms with Crippen LogP contribution in [0.2, 0.25) is 0 Å². The fraction of sp³-hybridized carbons (Fsp3) is 0.900. The number of alkyl halides is 3. The number of halogens is 3. The molecule has 1 rings (SSSR count). The van der Waals surface area contributed by atoms with Crippen LogP contribution in [0.3, 0.4) is 0 Å². The summed E-state index contributed by atoms with van der Waals surface area (Å²) < 4.78 is 59.6.